The van der Waals surface area contributed by atoms with E-state index in [0.29, 0.717) is 25.6 Å². The topological polar surface area (TPSA) is 171 Å². The van der Waals surface area contributed by atoms with E-state index in [-0.39, 0.29) is 30.3 Å². The Morgan fingerprint density at radius 3 is 1.33 bits per heavy atom. The number of nitrogens with one attached hydrogen (secondary N) is 1. The summed E-state index contributed by atoms with van der Waals surface area (Å²) in [5.41, 5.74) is 5.36. The number of carbonyl (C=O) groups is 4. The van der Waals surface area contributed by atoms with Gasteiger partial charge in [-0.05, 0) is 33.2 Å². The van der Waals surface area contributed by atoms with Crippen molar-refractivity contribution in [1.82, 2.24) is 5.32 Å². The van der Waals surface area contributed by atoms with Crippen molar-refractivity contribution in [3.8, 4) is 0 Å². The van der Waals surface area contributed by atoms with Crippen molar-refractivity contribution in [3.05, 3.63) is 0 Å². The number of ether oxygens (including phenoxy) is 1. The van der Waals surface area contributed by atoms with E-state index in [2.05, 4.69) is 10.1 Å². The Morgan fingerprint density at radius 2 is 1.06 bits per heavy atom. The monoisotopic (exact) mass is 558 g/mol. The van der Waals surface area contributed by atoms with Gasteiger partial charge < -0.3 is 42.3 Å². The van der Waals surface area contributed by atoms with Gasteiger partial charge in [0.15, 0.2) is 0 Å². The van der Waals surface area contributed by atoms with Crippen LogP contribution in [-0.2, 0) is 50.5 Å². The molecule has 0 saturated heterocycles. The third-order valence-corrected chi connectivity index (χ3v) is 10.2. The Bertz CT molecular complexity index is 600. The molecule has 1 amide bonds. The maximum absolute atomic E-state index is 11.2. The molecule has 0 spiro atoms. The average Bonchev–Trinajstić information content (AvgIpc) is 2.86. The van der Waals surface area contributed by atoms with E-state index in [1.54, 1.807) is 42.7 Å². The number of hydrogen-bond acceptors (Lipinski definition) is 12. The van der Waals surface area contributed by atoms with Crippen molar-refractivity contribution >= 4 is 41.1 Å². The van der Waals surface area contributed by atoms with Crippen molar-refractivity contribution in [2.24, 2.45) is 5.73 Å². The van der Waals surface area contributed by atoms with E-state index in [9.17, 15) is 19.2 Å². The van der Waals surface area contributed by atoms with Gasteiger partial charge in [0.25, 0.3) is 0 Å². The summed E-state index contributed by atoms with van der Waals surface area (Å²) in [5, 5.41) is 2.65. The first-order valence-electron chi connectivity index (χ1n) is 11.2. The molecule has 0 aromatic rings. The Kier molecular flexibility index (Phi) is 25.8. The Balaban J connectivity index is -0.000000492. The van der Waals surface area contributed by atoms with Crippen molar-refractivity contribution in [3.63, 3.8) is 0 Å². The highest BCUT2D eigenvalue weighted by Gasteiger charge is 2.37. The third kappa shape index (κ3) is 20.6. The minimum Gasteiger partial charge on any atom is -0.469 e. The minimum atomic E-state index is -2.54. The predicted octanol–water partition coefficient (Wildman–Crippen LogP) is 0.702. The Labute approximate surface area is 217 Å². The zero-order chi connectivity index (χ0) is 28.6. The molecule has 13 nitrogen and oxygen atoms in total. The number of amides is 1. The van der Waals surface area contributed by atoms with Gasteiger partial charge in [0.1, 0.15) is 18.0 Å². The molecular formula is C21H46N2O11Si2. The van der Waals surface area contributed by atoms with Gasteiger partial charge in [-0.2, -0.15) is 0 Å². The molecule has 0 atom stereocenters. The molecule has 214 valence electrons. The van der Waals surface area contributed by atoms with Crippen LogP contribution in [0.1, 0.15) is 39.5 Å². The van der Waals surface area contributed by atoms with Gasteiger partial charge >= 0.3 is 23.6 Å². The molecule has 0 fully saturated rings. The van der Waals surface area contributed by atoms with Crippen LogP contribution in [0.3, 0.4) is 0 Å². The van der Waals surface area contributed by atoms with Gasteiger partial charge in [-0.25, -0.2) is 0 Å². The molecule has 0 aliphatic carbocycles. The molecule has 0 saturated carbocycles. The van der Waals surface area contributed by atoms with Gasteiger partial charge in [-0.15, -0.1) is 0 Å². The van der Waals surface area contributed by atoms with Gasteiger partial charge in [0.05, 0.1) is 13.5 Å². The molecule has 0 unspecified atom stereocenters. The summed E-state index contributed by atoms with van der Waals surface area (Å²) in [5.74, 6) is -1.04. The largest absolute Gasteiger partial charge is 0.500 e. The molecule has 0 aromatic carbocycles. The summed E-state index contributed by atoms with van der Waals surface area (Å²) in [4.78, 5) is 42.1. The van der Waals surface area contributed by atoms with E-state index in [0.717, 1.165) is 12.5 Å². The molecule has 0 rings (SSSR count). The van der Waals surface area contributed by atoms with Crippen LogP contribution in [0, 0.1) is 0 Å². The van der Waals surface area contributed by atoms with E-state index in [1.165, 1.54) is 21.0 Å². The van der Waals surface area contributed by atoms with Crippen LogP contribution < -0.4 is 11.1 Å². The number of esters is 1. The lowest BCUT2D eigenvalue weighted by molar-refractivity contribution is -0.143. The number of methoxy groups -OCH3 is 1. The van der Waals surface area contributed by atoms with Crippen LogP contribution >= 0.6 is 0 Å². The number of ketones is 2. The fourth-order valence-corrected chi connectivity index (χ4v) is 6.00. The van der Waals surface area contributed by atoms with Crippen LogP contribution in [0.4, 0.5) is 0 Å². The molecule has 0 aliphatic heterocycles. The quantitative estimate of drug-likeness (QED) is 0.111. The average molecular weight is 559 g/mol. The Morgan fingerprint density at radius 1 is 0.667 bits per heavy atom. The van der Waals surface area contributed by atoms with Gasteiger partial charge in [-0.1, -0.05) is 0 Å². The lowest BCUT2D eigenvalue weighted by Crippen LogP contribution is -2.43. The highest BCUT2D eigenvalue weighted by Crippen LogP contribution is 2.14. The second-order valence-electron chi connectivity index (χ2n) is 7.27. The smallest absolute Gasteiger partial charge is 0.469 e. The van der Waals surface area contributed by atoms with Crippen LogP contribution in [0.15, 0.2) is 0 Å². The second-order valence-corrected chi connectivity index (χ2v) is 13.5. The van der Waals surface area contributed by atoms with Crippen LogP contribution in [-0.4, -0.2) is 104 Å². The maximum Gasteiger partial charge on any atom is 0.500 e. The van der Waals surface area contributed by atoms with Crippen molar-refractivity contribution in [1.29, 1.82) is 0 Å². The number of Topliss-reactive ketones (excluding diaryl/α,β-unsaturated/α-hetero) is 2. The summed E-state index contributed by atoms with van der Waals surface area (Å²) >= 11 is 0. The molecule has 36 heavy (non-hydrogen) atoms. The molecule has 0 aliphatic rings. The fraction of sp³-hybridized carbons (Fsp3) is 0.810. The number of hydrogen-bond donors (Lipinski definition) is 2. The van der Waals surface area contributed by atoms with E-state index >= 15 is 0 Å². The van der Waals surface area contributed by atoms with E-state index in [4.69, 9.17) is 32.3 Å². The second kappa shape index (κ2) is 23.8. The van der Waals surface area contributed by atoms with Gasteiger partial charge in [-0.3, -0.25) is 19.2 Å². The zero-order valence-electron chi connectivity index (χ0n) is 23.2. The first-order chi connectivity index (χ1) is 16.9. The molecular weight excluding hydrogens is 512 g/mol. The van der Waals surface area contributed by atoms with Crippen LogP contribution in [0.2, 0.25) is 12.1 Å². The molecule has 0 bridgehead atoms. The lowest BCUT2D eigenvalue weighted by Gasteiger charge is -2.24. The summed E-state index contributed by atoms with van der Waals surface area (Å²) in [7, 11) is 5.87. The molecule has 15 heteroatoms. The standard InChI is InChI=1S/C10H21NO5Si.C6H17NO3Si.C5H8O3/c1-9(12)8-10(13)11-6-5-7-17(14-2,15-3)16-4;1-8-11(9-2,10-3)6-4-5-7;1-4(6)3-5(7)8-2/h5-8H2,1-4H3,(H,11,13);4-7H2,1-3H3;3H2,1-2H3. The highest BCUT2D eigenvalue weighted by molar-refractivity contribution is 6.60. The SMILES string of the molecule is COC(=O)CC(C)=O.CO[Si](CCCN)(OC)OC.CO[Si](CCCNC(=O)CC(C)=O)(OC)OC. The zero-order valence-corrected chi connectivity index (χ0v) is 25.2. The summed E-state index contributed by atoms with van der Waals surface area (Å²) in [6.07, 6.45) is 1.38. The summed E-state index contributed by atoms with van der Waals surface area (Å²) in [6, 6.07) is 1.41. The number of rotatable bonds is 17. The Hall–Kier alpha value is -1.57. The third-order valence-electron chi connectivity index (χ3n) is 4.57. The molecule has 0 heterocycles. The maximum atomic E-state index is 11.2. The number of nitrogens with two attached hydrogens (primary N) is 1. The van der Waals surface area contributed by atoms with Gasteiger partial charge in [0, 0.05) is 61.3 Å². The van der Waals surface area contributed by atoms with E-state index in [1.807, 2.05) is 0 Å². The van der Waals surface area contributed by atoms with E-state index < -0.39 is 23.6 Å². The van der Waals surface area contributed by atoms with Crippen molar-refractivity contribution in [2.75, 3.05) is 62.9 Å². The predicted molar refractivity (Wildman–Crippen MR) is 137 cm³/mol. The number of carbonyl (C=O) groups excluding carboxylic acids is 4. The normalized spacial score (nSPS) is 10.8. The molecule has 0 radical (unpaired) electrons. The first kappa shape index (κ1) is 39.0. The highest BCUT2D eigenvalue weighted by atomic mass is 28.4. The minimum absolute atomic E-state index is 0.0681. The molecule has 0 aromatic heterocycles. The molecule has 3 N–H and O–H groups in total. The van der Waals surface area contributed by atoms with Crippen LogP contribution in [0.25, 0.3) is 0 Å². The fourth-order valence-electron chi connectivity index (χ4n) is 2.53. The first-order valence-corrected chi connectivity index (χ1v) is 15.1. The summed E-state index contributed by atoms with van der Waals surface area (Å²) < 4.78 is 35.4. The lowest BCUT2D eigenvalue weighted by atomic mass is 10.3. The van der Waals surface area contributed by atoms with Gasteiger partial charge in [0.2, 0.25) is 5.91 Å². The summed E-state index contributed by atoms with van der Waals surface area (Å²) in [6.45, 7) is 3.86. The van der Waals surface area contributed by atoms with Crippen LogP contribution in [0.5, 0.6) is 0 Å². The van der Waals surface area contributed by atoms with Crippen molar-refractivity contribution < 1.29 is 50.5 Å². The van der Waals surface area contributed by atoms with Crippen molar-refractivity contribution in [2.45, 2.75) is 51.6 Å².